The summed E-state index contributed by atoms with van der Waals surface area (Å²) in [7, 11) is -4.51. The number of furan rings is 1. The van der Waals surface area contributed by atoms with Gasteiger partial charge in [-0.1, -0.05) is 19.1 Å². The number of alkyl halides is 2. The first kappa shape index (κ1) is 26.0. The van der Waals surface area contributed by atoms with Gasteiger partial charge in [0.1, 0.15) is 17.2 Å². The molecule has 0 unspecified atom stereocenters. The Labute approximate surface area is 209 Å². The van der Waals surface area contributed by atoms with Gasteiger partial charge in [0.25, 0.3) is 0 Å². The van der Waals surface area contributed by atoms with Gasteiger partial charge in [0.05, 0.1) is 23.1 Å². The highest BCUT2D eigenvalue weighted by molar-refractivity contribution is 7.92. The molecule has 3 aromatic carbocycles. The van der Waals surface area contributed by atoms with Gasteiger partial charge in [-0.3, -0.25) is 4.79 Å². The van der Waals surface area contributed by atoms with Gasteiger partial charge in [-0.05, 0) is 48.0 Å². The Morgan fingerprint density at radius 3 is 2.27 bits per heavy atom. The number of Topliss-reactive ketones (excluding diaryl/α,β-unsaturated/α-hetero) is 1. The van der Waals surface area contributed by atoms with E-state index in [9.17, 15) is 36.3 Å². The standard InChI is InChI=1S/C26H20F3NO6S/c1-3-21(31)23-19-12-18(15-5-4-6-16(11-15)25(32)33)20(30(26(28)29)37(2,34)35)13-22(19)36-24(23)14-7-9-17(27)10-8-14/h4-13,26H,3H2,1-2H3,(H,32,33). The van der Waals surface area contributed by atoms with Gasteiger partial charge in [-0.2, -0.15) is 8.78 Å². The summed E-state index contributed by atoms with van der Waals surface area (Å²) in [5, 5.41) is 9.61. The molecule has 0 atom stereocenters. The van der Waals surface area contributed by atoms with E-state index in [1.54, 1.807) is 6.92 Å². The Bertz CT molecular complexity index is 1630. The average molecular weight is 532 g/mol. The number of anilines is 1. The van der Waals surface area contributed by atoms with Gasteiger partial charge in [0.2, 0.25) is 10.0 Å². The van der Waals surface area contributed by atoms with Gasteiger partial charge in [0, 0.05) is 29.0 Å². The summed E-state index contributed by atoms with van der Waals surface area (Å²) < 4.78 is 72.2. The van der Waals surface area contributed by atoms with E-state index in [1.807, 2.05) is 0 Å². The van der Waals surface area contributed by atoms with Crippen molar-refractivity contribution in [3.05, 3.63) is 77.6 Å². The van der Waals surface area contributed by atoms with Crippen LogP contribution < -0.4 is 4.31 Å². The number of sulfonamides is 1. The predicted molar refractivity (Wildman–Crippen MR) is 132 cm³/mol. The lowest BCUT2D eigenvalue weighted by Gasteiger charge is -2.24. The predicted octanol–water partition coefficient (Wildman–Crippen LogP) is 6.19. The highest BCUT2D eigenvalue weighted by atomic mass is 32.2. The molecular weight excluding hydrogens is 511 g/mol. The van der Waals surface area contributed by atoms with Crippen LogP contribution in [0.1, 0.15) is 34.1 Å². The highest BCUT2D eigenvalue weighted by Crippen LogP contribution is 2.42. The fourth-order valence-corrected chi connectivity index (χ4v) is 4.85. The number of hydrogen-bond donors (Lipinski definition) is 1. The fraction of sp³-hybridized carbons (Fsp3) is 0.154. The molecule has 0 saturated heterocycles. The number of aromatic carboxylic acids is 1. The van der Waals surface area contributed by atoms with Crippen LogP contribution in [0.3, 0.4) is 0 Å². The van der Waals surface area contributed by atoms with E-state index in [4.69, 9.17) is 4.42 Å². The molecule has 0 radical (unpaired) electrons. The molecule has 4 rings (SSSR count). The van der Waals surface area contributed by atoms with Crippen LogP contribution in [0.2, 0.25) is 0 Å². The van der Waals surface area contributed by atoms with Crippen molar-refractivity contribution >= 4 is 38.4 Å². The van der Waals surface area contributed by atoms with E-state index >= 15 is 0 Å². The number of carboxylic acid groups (broad SMARTS) is 1. The Morgan fingerprint density at radius 2 is 1.70 bits per heavy atom. The molecule has 0 aliphatic heterocycles. The second kappa shape index (κ2) is 9.74. The summed E-state index contributed by atoms with van der Waals surface area (Å²) in [6.45, 7) is -1.86. The van der Waals surface area contributed by atoms with Crippen molar-refractivity contribution in [2.45, 2.75) is 19.9 Å². The third-order valence-corrected chi connectivity index (χ3v) is 6.78. The molecule has 1 N–H and O–H groups in total. The smallest absolute Gasteiger partial charge is 0.335 e. The molecule has 0 fully saturated rings. The molecule has 4 aromatic rings. The van der Waals surface area contributed by atoms with Crippen LogP contribution in [0.5, 0.6) is 0 Å². The second-order valence-electron chi connectivity index (χ2n) is 8.18. The van der Waals surface area contributed by atoms with E-state index in [-0.39, 0.29) is 55.5 Å². The number of nitrogens with zero attached hydrogens (tertiary/aromatic N) is 1. The molecule has 11 heteroatoms. The lowest BCUT2D eigenvalue weighted by Crippen LogP contribution is -2.35. The van der Waals surface area contributed by atoms with Gasteiger partial charge in [0.15, 0.2) is 5.78 Å². The van der Waals surface area contributed by atoms with Gasteiger partial charge in [-0.15, -0.1) is 0 Å². The fourth-order valence-electron chi connectivity index (χ4n) is 4.05. The van der Waals surface area contributed by atoms with Crippen LogP contribution in [0.4, 0.5) is 18.9 Å². The summed E-state index contributed by atoms with van der Waals surface area (Å²) in [4.78, 5) is 24.5. The topological polar surface area (TPSA) is 105 Å². The number of rotatable bonds is 8. The zero-order chi connectivity index (χ0) is 27.1. The van der Waals surface area contributed by atoms with Crippen LogP contribution in [0, 0.1) is 5.82 Å². The molecule has 192 valence electrons. The summed E-state index contributed by atoms with van der Waals surface area (Å²) in [6.07, 6.45) is 0.667. The van der Waals surface area contributed by atoms with Gasteiger partial charge < -0.3 is 9.52 Å². The molecule has 0 aliphatic carbocycles. The minimum absolute atomic E-state index is 0.0565. The Hall–Kier alpha value is -4.12. The van der Waals surface area contributed by atoms with Crippen molar-refractivity contribution in [3.8, 4) is 22.5 Å². The number of ketones is 1. The molecule has 1 aromatic heterocycles. The van der Waals surface area contributed by atoms with Crippen LogP contribution in [0.15, 0.2) is 65.1 Å². The van der Waals surface area contributed by atoms with Crippen molar-refractivity contribution in [2.24, 2.45) is 0 Å². The van der Waals surface area contributed by atoms with Gasteiger partial charge in [-0.25, -0.2) is 21.9 Å². The van der Waals surface area contributed by atoms with Crippen LogP contribution >= 0.6 is 0 Å². The molecule has 1 heterocycles. The molecule has 0 spiro atoms. The average Bonchev–Trinajstić information content (AvgIpc) is 3.20. The number of carboxylic acids is 1. The third kappa shape index (κ3) is 4.94. The largest absolute Gasteiger partial charge is 0.478 e. The molecule has 0 amide bonds. The van der Waals surface area contributed by atoms with Crippen molar-refractivity contribution < 1.29 is 40.7 Å². The first-order valence-corrected chi connectivity index (χ1v) is 12.8. The number of hydrogen-bond acceptors (Lipinski definition) is 5. The van der Waals surface area contributed by atoms with Crippen LogP contribution in [-0.4, -0.2) is 38.1 Å². The van der Waals surface area contributed by atoms with Crippen LogP contribution in [-0.2, 0) is 10.0 Å². The molecule has 37 heavy (non-hydrogen) atoms. The lowest BCUT2D eigenvalue weighted by atomic mass is 9.95. The van der Waals surface area contributed by atoms with E-state index < -0.39 is 34.0 Å². The maximum atomic E-state index is 14.1. The number of carbonyl (C=O) groups excluding carboxylic acids is 1. The molecule has 0 saturated carbocycles. The highest BCUT2D eigenvalue weighted by Gasteiger charge is 2.31. The Morgan fingerprint density at radius 1 is 1.03 bits per heavy atom. The van der Waals surface area contributed by atoms with E-state index in [1.165, 1.54) is 54.6 Å². The molecule has 0 aliphatic rings. The normalized spacial score (nSPS) is 11.7. The van der Waals surface area contributed by atoms with Crippen LogP contribution in [0.25, 0.3) is 33.4 Å². The SMILES string of the molecule is CCC(=O)c1c(-c2ccc(F)cc2)oc2cc(N(C(F)F)S(C)(=O)=O)c(-c3cccc(C(=O)O)c3)cc12. The van der Waals surface area contributed by atoms with Crippen molar-refractivity contribution in [2.75, 3.05) is 10.6 Å². The first-order chi connectivity index (χ1) is 17.4. The van der Waals surface area contributed by atoms with E-state index in [0.29, 0.717) is 11.8 Å². The number of fused-ring (bicyclic) bond motifs is 1. The third-order valence-electron chi connectivity index (χ3n) is 5.71. The van der Waals surface area contributed by atoms with Crippen molar-refractivity contribution in [3.63, 3.8) is 0 Å². The zero-order valence-corrected chi connectivity index (χ0v) is 20.4. The van der Waals surface area contributed by atoms with E-state index in [2.05, 4.69) is 0 Å². The zero-order valence-electron chi connectivity index (χ0n) is 19.5. The summed E-state index contributed by atoms with van der Waals surface area (Å²) in [6, 6.07) is 12.8. The van der Waals surface area contributed by atoms with E-state index in [0.717, 1.165) is 6.07 Å². The Kier molecular flexibility index (Phi) is 6.83. The minimum Gasteiger partial charge on any atom is -0.478 e. The first-order valence-electron chi connectivity index (χ1n) is 10.9. The van der Waals surface area contributed by atoms with Gasteiger partial charge >= 0.3 is 12.5 Å². The van der Waals surface area contributed by atoms with Crippen molar-refractivity contribution in [1.82, 2.24) is 0 Å². The summed E-state index contributed by atoms with van der Waals surface area (Å²) >= 11 is 0. The summed E-state index contributed by atoms with van der Waals surface area (Å²) in [5.41, 5.74) is -0.159. The molecule has 0 bridgehead atoms. The Balaban J connectivity index is 2.13. The second-order valence-corrected chi connectivity index (χ2v) is 10.0. The number of benzene rings is 3. The maximum absolute atomic E-state index is 14.1. The summed E-state index contributed by atoms with van der Waals surface area (Å²) in [5.74, 6) is -2.09. The lowest BCUT2D eigenvalue weighted by molar-refractivity contribution is 0.0696. The van der Waals surface area contributed by atoms with Crippen molar-refractivity contribution in [1.29, 1.82) is 0 Å². The monoisotopic (exact) mass is 531 g/mol. The maximum Gasteiger partial charge on any atom is 0.335 e. The molecule has 7 nitrogen and oxygen atoms in total. The minimum atomic E-state index is -4.51. The molecular formula is C26H20F3NO6S. The quantitative estimate of drug-likeness (QED) is 0.215. The number of carbonyl (C=O) groups is 2. The number of halogens is 3.